The number of aryl methyl sites for hydroxylation is 1. The van der Waals surface area contributed by atoms with Crippen molar-refractivity contribution < 1.29 is 24.1 Å². The zero-order valence-corrected chi connectivity index (χ0v) is 11.2. The summed E-state index contributed by atoms with van der Waals surface area (Å²) >= 11 is 0. The second-order valence-electron chi connectivity index (χ2n) is 3.73. The first-order chi connectivity index (χ1) is 8.37. The van der Waals surface area contributed by atoms with Gasteiger partial charge in [0.25, 0.3) is 5.72 Å². The van der Waals surface area contributed by atoms with Gasteiger partial charge >= 0.3 is 14.1 Å². The molecule has 18 heavy (non-hydrogen) atoms. The van der Waals surface area contributed by atoms with Gasteiger partial charge in [0.15, 0.2) is 5.75 Å². The Morgan fingerprint density at radius 1 is 1.44 bits per heavy atom. The Morgan fingerprint density at radius 2 is 2.00 bits per heavy atom. The van der Waals surface area contributed by atoms with Crippen LogP contribution in [0.1, 0.15) is 12.5 Å². The molecule has 1 unspecified atom stereocenters. The number of nitrogens with zero attached hydrogens (tertiary/aromatic N) is 1. The second-order valence-corrected chi connectivity index (χ2v) is 4.59. The van der Waals surface area contributed by atoms with Crippen molar-refractivity contribution in [2.75, 3.05) is 7.11 Å². The monoisotopic (exact) mass is 271 g/mol. The van der Waals surface area contributed by atoms with Gasteiger partial charge in [-0.3, -0.25) is 4.52 Å². The Morgan fingerprint density at radius 3 is 2.44 bits per heavy atom. The molecular formula is C11H14NO5P. The Labute approximate surface area is 106 Å². The molecule has 0 radical (unpaired) electrons. The van der Waals surface area contributed by atoms with E-state index in [1.54, 1.807) is 24.3 Å². The Bertz CT molecular complexity index is 459. The molecule has 1 rings (SSSR count). The normalized spacial score (nSPS) is 15.0. The van der Waals surface area contributed by atoms with E-state index in [-0.39, 0.29) is 0 Å². The minimum absolute atomic E-state index is 0.356. The van der Waals surface area contributed by atoms with Crippen LogP contribution in [0.4, 0.5) is 0 Å². The number of benzene rings is 1. The number of hydrogen-bond acceptors (Lipinski definition) is 5. The largest absolute Gasteiger partial charge is 0.575 e. The topological polar surface area (TPSA) is 91.2 Å². The highest BCUT2D eigenvalue weighted by atomic mass is 31.1. The number of aliphatic carboxylic acids is 1. The van der Waals surface area contributed by atoms with Crippen LogP contribution in [0.3, 0.4) is 0 Å². The summed E-state index contributed by atoms with van der Waals surface area (Å²) in [6.45, 7) is 3.10. The molecule has 0 fully saturated rings. The fourth-order valence-corrected chi connectivity index (χ4v) is 1.86. The zero-order valence-electron chi connectivity index (χ0n) is 10.3. The first-order valence-electron chi connectivity index (χ1n) is 5.10. The van der Waals surface area contributed by atoms with Crippen LogP contribution < -0.4 is 9.42 Å². The second kappa shape index (κ2) is 5.91. The minimum atomic E-state index is -2.52. The maximum atomic E-state index is 11.6. The highest BCUT2D eigenvalue weighted by Gasteiger charge is 2.37. The quantitative estimate of drug-likeness (QED) is 0.822. The summed E-state index contributed by atoms with van der Waals surface area (Å²) in [5.41, 5.74) is -0.847. The minimum Gasteiger partial charge on any atom is -0.575 e. The van der Waals surface area contributed by atoms with E-state index in [1.165, 1.54) is 14.0 Å². The standard InChI is InChI=1S/C11H14NO5P/c1-8-4-6-9(7-5-8)17-18(15)12-11(2,16-3)10(13)14/h4-7H,1-3H3,(H,13,14)/t11-/m1/s1. The van der Waals surface area contributed by atoms with E-state index in [0.29, 0.717) is 5.75 Å². The summed E-state index contributed by atoms with van der Waals surface area (Å²) in [5, 5.41) is 8.88. The molecule has 0 aliphatic heterocycles. The van der Waals surface area contributed by atoms with Crippen LogP contribution in [0, 0.1) is 6.92 Å². The van der Waals surface area contributed by atoms with Crippen molar-refractivity contribution in [3.8, 4) is 5.75 Å². The Hall–Kier alpha value is -1.49. The van der Waals surface area contributed by atoms with Crippen LogP contribution in [0.2, 0.25) is 0 Å². The summed E-state index contributed by atoms with van der Waals surface area (Å²) in [6, 6.07) is 6.82. The van der Waals surface area contributed by atoms with Crippen LogP contribution in [0.25, 0.3) is 0 Å². The van der Waals surface area contributed by atoms with Gasteiger partial charge in [-0.1, -0.05) is 17.7 Å². The van der Waals surface area contributed by atoms with Gasteiger partial charge in [-0.2, -0.15) is 0 Å². The predicted molar refractivity (Wildman–Crippen MR) is 64.2 cm³/mol. The van der Waals surface area contributed by atoms with E-state index in [0.717, 1.165) is 5.56 Å². The lowest BCUT2D eigenvalue weighted by molar-refractivity contribution is -0.175. The highest BCUT2D eigenvalue weighted by Crippen LogP contribution is 2.28. The van der Waals surface area contributed by atoms with Crippen molar-refractivity contribution in [1.82, 2.24) is 0 Å². The first-order valence-corrected chi connectivity index (χ1v) is 6.23. The van der Waals surface area contributed by atoms with Gasteiger partial charge in [0.1, 0.15) is 0 Å². The summed E-state index contributed by atoms with van der Waals surface area (Å²) in [7, 11) is -1.35. The molecule has 0 heterocycles. The molecule has 0 saturated heterocycles. The van der Waals surface area contributed by atoms with E-state index in [4.69, 9.17) is 14.4 Å². The number of rotatable bonds is 5. The van der Waals surface area contributed by atoms with Gasteiger partial charge in [0.05, 0.1) is 0 Å². The van der Waals surface area contributed by atoms with Crippen LogP contribution in [-0.4, -0.2) is 23.9 Å². The number of carbonyl (C=O) groups is 1. The van der Waals surface area contributed by atoms with E-state index in [1.807, 2.05) is 6.92 Å². The lowest BCUT2D eigenvalue weighted by Gasteiger charge is -2.14. The number of carboxylic acid groups (broad SMARTS) is 1. The molecule has 7 heteroatoms. The summed E-state index contributed by atoms with van der Waals surface area (Å²) in [5.74, 6) is -0.977. The lowest BCUT2D eigenvalue weighted by atomic mass is 10.2. The van der Waals surface area contributed by atoms with Gasteiger partial charge in [-0.15, -0.1) is 0 Å². The molecule has 98 valence electrons. The maximum Gasteiger partial charge on any atom is 0.398 e. The predicted octanol–water partition coefficient (Wildman–Crippen LogP) is 1.68. The van der Waals surface area contributed by atoms with Gasteiger partial charge < -0.3 is 14.7 Å². The summed E-state index contributed by atoms with van der Waals surface area (Å²) in [6.07, 6.45) is 0. The molecule has 1 N–H and O–H groups in total. The average molecular weight is 271 g/mol. The third-order valence-corrected chi connectivity index (χ3v) is 3.18. The fraction of sp³-hybridized carbons (Fsp3) is 0.364. The molecule has 0 bridgehead atoms. The molecule has 1 aromatic rings. The van der Waals surface area contributed by atoms with Gasteiger partial charge in [0, 0.05) is 14.0 Å². The molecule has 0 aliphatic carbocycles. The van der Waals surface area contributed by atoms with Crippen LogP contribution in [-0.2, 0) is 9.53 Å². The SMILES string of the molecule is CO[C@@](C)(N=[P+]([O-])Oc1ccc(C)cc1)C(=O)O. The van der Waals surface area contributed by atoms with Gasteiger partial charge in [-0.05, 0) is 23.8 Å². The van der Waals surface area contributed by atoms with Crippen LogP contribution in [0.5, 0.6) is 5.75 Å². The van der Waals surface area contributed by atoms with E-state index in [2.05, 4.69) is 4.74 Å². The van der Waals surface area contributed by atoms with Gasteiger partial charge in [0.2, 0.25) is 0 Å². The molecular weight excluding hydrogens is 257 g/mol. The van der Waals surface area contributed by atoms with Crippen molar-refractivity contribution in [2.45, 2.75) is 19.6 Å². The number of carboxylic acids is 1. The van der Waals surface area contributed by atoms with Crippen molar-refractivity contribution in [1.29, 1.82) is 0 Å². The number of hydrogen-bond donors (Lipinski definition) is 1. The van der Waals surface area contributed by atoms with Crippen molar-refractivity contribution in [2.24, 2.45) is 4.74 Å². The van der Waals surface area contributed by atoms with Crippen LogP contribution in [0.15, 0.2) is 29.0 Å². The molecule has 0 aliphatic rings. The lowest BCUT2D eigenvalue weighted by Crippen LogP contribution is -2.34. The smallest absolute Gasteiger partial charge is 0.398 e. The zero-order chi connectivity index (χ0) is 13.8. The fourth-order valence-electron chi connectivity index (χ4n) is 1.04. The Kier molecular flexibility index (Phi) is 4.78. The summed E-state index contributed by atoms with van der Waals surface area (Å²) < 4.78 is 13.2. The number of methoxy groups -OCH3 is 1. The molecule has 1 aromatic carbocycles. The third kappa shape index (κ3) is 3.77. The molecule has 0 aromatic heterocycles. The molecule has 0 saturated carbocycles. The molecule has 0 amide bonds. The average Bonchev–Trinajstić information content (AvgIpc) is 2.31. The molecule has 0 spiro atoms. The van der Waals surface area contributed by atoms with Crippen molar-refractivity contribution in [3.63, 3.8) is 0 Å². The Balaban J connectivity index is 2.84. The summed E-state index contributed by atoms with van der Waals surface area (Å²) in [4.78, 5) is 22.5. The van der Waals surface area contributed by atoms with E-state index in [9.17, 15) is 9.69 Å². The van der Waals surface area contributed by atoms with Crippen molar-refractivity contribution >= 4 is 14.1 Å². The van der Waals surface area contributed by atoms with Crippen molar-refractivity contribution in [3.05, 3.63) is 29.8 Å². The van der Waals surface area contributed by atoms with Crippen LogP contribution >= 0.6 is 8.17 Å². The maximum absolute atomic E-state index is 11.6. The third-order valence-electron chi connectivity index (χ3n) is 2.27. The first kappa shape index (κ1) is 14.6. The molecule has 6 nitrogen and oxygen atoms in total. The van der Waals surface area contributed by atoms with Gasteiger partial charge in [-0.25, -0.2) is 4.79 Å². The molecule has 2 atom stereocenters. The van der Waals surface area contributed by atoms with E-state index >= 15 is 0 Å². The number of ether oxygens (including phenoxy) is 1. The highest BCUT2D eigenvalue weighted by molar-refractivity contribution is 7.34. The van der Waals surface area contributed by atoms with E-state index < -0.39 is 19.9 Å².